The molecule has 0 spiro atoms. The van der Waals surface area contributed by atoms with Gasteiger partial charge in [0.25, 0.3) is 0 Å². The maximum atomic E-state index is 10.9. The summed E-state index contributed by atoms with van der Waals surface area (Å²) in [7, 11) is 0. The van der Waals surface area contributed by atoms with Crippen LogP contribution in [0.1, 0.15) is 49.7 Å². The topological polar surface area (TPSA) is 17.1 Å². The van der Waals surface area contributed by atoms with Crippen molar-refractivity contribution >= 4 is 6.29 Å². The summed E-state index contributed by atoms with van der Waals surface area (Å²) in [5.41, 5.74) is 2.70. The molecule has 1 saturated carbocycles. The number of aldehydes is 1. The summed E-state index contributed by atoms with van der Waals surface area (Å²) in [5, 5.41) is 0. The van der Waals surface area contributed by atoms with Crippen molar-refractivity contribution in [2.45, 2.75) is 51.9 Å². The Morgan fingerprint density at radius 1 is 1.17 bits per heavy atom. The Bertz CT molecular complexity index is 360. The van der Waals surface area contributed by atoms with Gasteiger partial charge in [-0.2, -0.15) is 0 Å². The number of aryl methyl sites for hydroxylation is 1. The number of carbonyl (C=O) groups is 1. The summed E-state index contributed by atoms with van der Waals surface area (Å²) < 4.78 is 0. The maximum Gasteiger partial charge on any atom is 0.120 e. The summed E-state index contributed by atoms with van der Waals surface area (Å²) in [6.07, 6.45) is 9.67. The molecule has 0 radical (unpaired) electrons. The zero-order valence-corrected chi connectivity index (χ0v) is 11.4. The lowest BCUT2D eigenvalue weighted by atomic mass is 9.76. The van der Waals surface area contributed by atoms with E-state index in [0.717, 1.165) is 25.0 Å². The van der Waals surface area contributed by atoms with Gasteiger partial charge in [0.15, 0.2) is 0 Å². The van der Waals surface area contributed by atoms with Gasteiger partial charge >= 0.3 is 0 Å². The van der Waals surface area contributed by atoms with Gasteiger partial charge in [-0.3, -0.25) is 0 Å². The molecule has 0 aliphatic heterocycles. The molecule has 1 nitrogen and oxygen atoms in total. The molecule has 0 amide bonds. The van der Waals surface area contributed by atoms with Crippen LogP contribution in [-0.2, 0) is 11.2 Å². The van der Waals surface area contributed by atoms with Crippen LogP contribution in [-0.4, -0.2) is 6.29 Å². The van der Waals surface area contributed by atoms with E-state index in [-0.39, 0.29) is 0 Å². The lowest BCUT2D eigenvalue weighted by molar-refractivity contribution is -0.109. The van der Waals surface area contributed by atoms with Crippen molar-refractivity contribution in [1.82, 2.24) is 0 Å². The molecule has 1 aromatic rings. The molecule has 0 bridgehead atoms. The van der Waals surface area contributed by atoms with Crippen molar-refractivity contribution < 1.29 is 4.79 Å². The second-order valence-electron chi connectivity index (χ2n) is 5.75. The van der Waals surface area contributed by atoms with Gasteiger partial charge in [0.1, 0.15) is 6.29 Å². The molecule has 1 fully saturated rings. The van der Waals surface area contributed by atoms with Crippen LogP contribution in [0.3, 0.4) is 0 Å². The van der Waals surface area contributed by atoms with E-state index in [4.69, 9.17) is 0 Å². The highest BCUT2D eigenvalue weighted by molar-refractivity contribution is 5.50. The molecular formula is C17H24O. The summed E-state index contributed by atoms with van der Waals surface area (Å²) in [6.45, 7) is 2.12. The summed E-state index contributed by atoms with van der Waals surface area (Å²) >= 11 is 0. The van der Waals surface area contributed by atoms with E-state index in [9.17, 15) is 4.79 Å². The Morgan fingerprint density at radius 3 is 2.44 bits per heavy atom. The van der Waals surface area contributed by atoms with E-state index in [1.807, 2.05) is 0 Å². The van der Waals surface area contributed by atoms with Crippen LogP contribution in [0.15, 0.2) is 24.3 Å². The standard InChI is InChI=1S/C17H24O/c1-14-7-9-15(10-8-14)13-17(11-12-18)16-5-3-2-4-6-16/h7-10,12,16-17H,2-6,11,13H2,1H3. The molecule has 1 atom stereocenters. The summed E-state index contributed by atoms with van der Waals surface area (Å²) in [5.74, 6) is 1.33. The molecule has 1 aromatic carbocycles. The largest absolute Gasteiger partial charge is 0.303 e. The van der Waals surface area contributed by atoms with Crippen LogP contribution in [0, 0.1) is 18.8 Å². The first-order valence-electron chi connectivity index (χ1n) is 7.29. The predicted molar refractivity (Wildman–Crippen MR) is 75.6 cm³/mol. The van der Waals surface area contributed by atoms with Gasteiger partial charge in [-0.25, -0.2) is 0 Å². The van der Waals surface area contributed by atoms with Crippen LogP contribution < -0.4 is 0 Å². The van der Waals surface area contributed by atoms with E-state index < -0.39 is 0 Å². The number of rotatable bonds is 5. The normalized spacial score (nSPS) is 18.5. The average molecular weight is 244 g/mol. The van der Waals surface area contributed by atoms with Gasteiger partial charge in [0, 0.05) is 6.42 Å². The number of benzene rings is 1. The fraction of sp³-hybridized carbons (Fsp3) is 0.588. The average Bonchev–Trinajstić information content (AvgIpc) is 2.42. The second-order valence-corrected chi connectivity index (χ2v) is 5.75. The number of carbonyl (C=O) groups excluding carboxylic acids is 1. The fourth-order valence-electron chi connectivity index (χ4n) is 3.20. The van der Waals surface area contributed by atoms with Crippen LogP contribution in [0.2, 0.25) is 0 Å². The minimum atomic E-state index is 0.561. The number of hydrogen-bond donors (Lipinski definition) is 0. The first-order valence-corrected chi connectivity index (χ1v) is 7.29. The zero-order valence-electron chi connectivity index (χ0n) is 11.4. The predicted octanol–water partition coefficient (Wildman–Crippen LogP) is 4.32. The Morgan fingerprint density at radius 2 is 1.83 bits per heavy atom. The lowest BCUT2D eigenvalue weighted by Gasteiger charge is -2.29. The monoisotopic (exact) mass is 244 g/mol. The van der Waals surface area contributed by atoms with Gasteiger partial charge < -0.3 is 4.79 Å². The van der Waals surface area contributed by atoms with Crippen LogP contribution >= 0.6 is 0 Å². The van der Waals surface area contributed by atoms with Gasteiger partial charge in [-0.05, 0) is 30.7 Å². The van der Waals surface area contributed by atoms with E-state index in [0.29, 0.717) is 5.92 Å². The smallest absolute Gasteiger partial charge is 0.120 e. The lowest BCUT2D eigenvalue weighted by Crippen LogP contribution is -2.20. The third-order valence-corrected chi connectivity index (χ3v) is 4.33. The third-order valence-electron chi connectivity index (χ3n) is 4.33. The molecule has 0 saturated heterocycles. The van der Waals surface area contributed by atoms with Gasteiger partial charge in [0.2, 0.25) is 0 Å². The van der Waals surface area contributed by atoms with E-state index >= 15 is 0 Å². The summed E-state index contributed by atoms with van der Waals surface area (Å²) in [4.78, 5) is 10.9. The van der Waals surface area contributed by atoms with Crippen molar-refractivity contribution in [1.29, 1.82) is 0 Å². The highest BCUT2D eigenvalue weighted by Gasteiger charge is 2.23. The van der Waals surface area contributed by atoms with E-state index in [1.165, 1.54) is 43.2 Å². The van der Waals surface area contributed by atoms with Crippen molar-refractivity contribution in [3.63, 3.8) is 0 Å². The molecule has 1 aliphatic rings. The first-order chi connectivity index (χ1) is 8.79. The first kappa shape index (κ1) is 13.3. The summed E-state index contributed by atoms with van der Waals surface area (Å²) in [6, 6.07) is 8.79. The van der Waals surface area contributed by atoms with Crippen molar-refractivity contribution in [3.05, 3.63) is 35.4 Å². The molecule has 0 N–H and O–H groups in total. The van der Waals surface area contributed by atoms with Crippen LogP contribution in [0.4, 0.5) is 0 Å². The SMILES string of the molecule is Cc1ccc(CC(CC=O)C2CCCCC2)cc1. The zero-order chi connectivity index (χ0) is 12.8. The Hall–Kier alpha value is -1.11. The molecular weight excluding hydrogens is 220 g/mol. The van der Waals surface area contributed by atoms with Gasteiger partial charge in [-0.15, -0.1) is 0 Å². The van der Waals surface area contributed by atoms with Gasteiger partial charge in [-0.1, -0.05) is 61.9 Å². The highest BCUT2D eigenvalue weighted by atomic mass is 16.1. The molecule has 18 heavy (non-hydrogen) atoms. The van der Waals surface area contributed by atoms with E-state index in [1.54, 1.807) is 0 Å². The molecule has 0 heterocycles. The van der Waals surface area contributed by atoms with Crippen molar-refractivity contribution in [3.8, 4) is 0 Å². The molecule has 1 aliphatic carbocycles. The molecule has 2 rings (SSSR count). The molecule has 1 unspecified atom stereocenters. The van der Waals surface area contributed by atoms with Crippen LogP contribution in [0.25, 0.3) is 0 Å². The molecule has 98 valence electrons. The maximum absolute atomic E-state index is 10.9. The Balaban J connectivity index is 2.00. The van der Waals surface area contributed by atoms with Crippen molar-refractivity contribution in [2.24, 2.45) is 11.8 Å². The third kappa shape index (κ3) is 3.69. The van der Waals surface area contributed by atoms with E-state index in [2.05, 4.69) is 31.2 Å². The van der Waals surface area contributed by atoms with Crippen molar-refractivity contribution in [2.75, 3.05) is 0 Å². The molecule has 0 aromatic heterocycles. The minimum Gasteiger partial charge on any atom is -0.303 e. The molecule has 1 heteroatoms. The number of hydrogen-bond acceptors (Lipinski definition) is 1. The quantitative estimate of drug-likeness (QED) is 0.705. The second kappa shape index (κ2) is 6.72. The highest BCUT2D eigenvalue weighted by Crippen LogP contribution is 2.33. The Kier molecular flexibility index (Phi) is 4.98. The minimum absolute atomic E-state index is 0.561. The van der Waals surface area contributed by atoms with Crippen LogP contribution in [0.5, 0.6) is 0 Å². The van der Waals surface area contributed by atoms with Gasteiger partial charge in [0.05, 0.1) is 0 Å². The fourth-order valence-corrected chi connectivity index (χ4v) is 3.20. The Labute approximate surface area is 111 Å².